The summed E-state index contributed by atoms with van der Waals surface area (Å²) < 4.78 is 0. The van der Waals surface area contributed by atoms with Gasteiger partial charge in [0.1, 0.15) is 0 Å². The van der Waals surface area contributed by atoms with Crippen molar-refractivity contribution < 1.29 is 9.90 Å². The lowest BCUT2D eigenvalue weighted by atomic mass is 10.2. The van der Waals surface area contributed by atoms with Crippen LogP contribution in [0, 0.1) is 11.5 Å². The Morgan fingerprint density at radius 2 is 2.16 bits per heavy atom. The van der Waals surface area contributed by atoms with E-state index in [4.69, 9.17) is 16.1 Å². The molecule has 6 heteroatoms. The summed E-state index contributed by atoms with van der Waals surface area (Å²) in [5.41, 5.74) is 7.07. The molecule has 0 aromatic heterocycles. The molecule has 0 fully saturated rings. The maximum Gasteiger partial charge on any atom is 0.307 e. The van der Waals surface area contributed by atoms with Crippen LogP contribution in [-0.4, -0.2) is 29.0 Å². The third kappa shape index (κ3) is 4.91. The lowest BCUT2D eigenvalue weighted by Gasteiger charge is -2.06. The van der Waals surface area contributed by atoms with Gasteiger partial charge in [0.2, 0.25) is 5.96 Å². The smallest absolute Gasteiger partial charge is 0.307 e. The highest BCUT2D eigenvalue weighted by Gasteiger charge is 1.99. The number of nitrogens with zero attached hydrogens (tertiary/aromatic N) is 3. The van der Waals surface area contributed by atoms with Crippen LogP contribution in [0.4, 0.5) is 5.69 Å². The van der Waals surface area contributed by atoms with E-state index in [9.17, 15) is 4.79 Å². The second kappa shape index (κ2) is 6.81. The van der Waals surface area contributed by atoms with E-state index < -0.39 is 5.97 Å². The van der Waals surface area contributed by atoms with Gasteiger partial charge in [0.15, 0.2) is 6.19 Å². The highest BCUT2D eigenvalue weighted by Crippen LogP contribution is 2.14. The van der Waals surface area contributed by atoms with Gasteiger partial charge in [-0.15, -0.1) is 0 Å². The second-order valence-electron chi connectivity index (χ2n) is 3.72. The van der Waals surface area contributed by atoms with E-state index >= 15 is 0 Å². The highest BCUT2D eigenvalue weighted by molar-refractivity contribution is 5.82. The van der Waals surface area contributed by atoms with Gasteiger partial charge in [-0.05, 0) is 17.7 Å². The zero-order valence-electron chi connectivity index (χ0n) is 10.4. The van der Waals surface area contributed by atoms with E-state index in [2.05, 4.69) is 4.99 Å². The van der Waals surface area contributed by atoms with Gasteiger partial charge in [0.05, 0.1) is 12.1 Å². The molecule has 1 rings (SSSR count). The number of aliphatic imine (C=N–C) groups is 1. The number of nitrogens with two attached hydrogens (primary N) is 1. The molecule has 0 saturated heterocycles. The Morgan fingerprint density at radius 1 is 1.53 bits per heavy atom. The first kappa shape index (κ1) is 14.3. The molecule has 0 aliphatic heterocycles. The highest BCUT2D eigenvalue weighted by atomic mass is 16.4. The standard InChI is InChI=1S/C13H14N4O2/c1-17(9-14)13(15)16-11-7-5-10(6-8-11)3-2-4-12(18)19/h2-3,5-8H,4H2,1H3,(H2,15,16)(H,18,19)/b3-2+. The van der Waals surface area contributed by atoms with Crippen LogP contribution in [0.2, 0.25) is 0 Å². The summed E-state index contributed by atoms with van der Waals surface area (Å²) in [6.45, 7) is 0. The number of carboxylic acid groups (broad SMARTS) is 1. The molecule has 1 aromatic rings. The van der Waals surface area contributed by atoms with Gasteiger partial charge in [-0.3, -0.25) is 9.69 Å². The molecule has 1 aromatic carbocycles. The molecule has 0 bridgehead atoms. The van der Waals surface area contributed by atoms with Crippen molar-refractivity contribution in [2.45, 2.75) is 6.42 Å². The third-order valence-corrected chi connectivity index (χ3v) is 2.23. The molecule has 19 heavy (non-hydrogen) atoms. The quantitative estimate of drug-likeness (QED) is 0.369. The molecule has 0 aliphatic rings. The van der Waals surface area contributed by atoms with Gasteiger partial charge >= 0.3 is 5.97 Å². The van der Waals surface area contributed by atoms with Crippen molar-refractivity contribution in [3.05, 3.63) is 35.9 Å². The summed E-state index contributed by atoms with van der Waals surface area (Å²) in [5, 5.41) is 17.1. The minimum atomic E-state index is -0.871. The lowest BCUT2D eigenvalue weighted by molar-refractivity contribution is -0.135. The fraction of sp³-hybridized carbons (Fsp3) is 0.154. The summed E-state index contributed by atoms with van der Waals surface area (Å²) in [6, 6.07) is 7.05. The van der Waals surface area contributed by atoms with E-state index in [1.54, 1.807) is 36.4 Å². The predicted molar refractivity (Wildman–Crippen MR) is 72.4 cm³/mol. The minimum absolute atomic E-state index is 0.0141. The van der Waals surface area contributed by atoms with Crippen molar-refractivity contribution in [1.82, 2.24) is 4.90 Å². The Labute approximate surface area is 111 Å². The van der Waals surface area contributed by atoms with Crippen LogP contribution in [0.25, 0.3) is 6.08 Å². The Morgan fingerprint density at radius 3 is 2.68 bits per heavy atom. The number of hydrogen-bond donors (Lipinski definition) is 2. The van der Waals surface area contributed by atoms with Crippen LogP contribution >= 0.6 is 0 Å². The van der Waals surface area contributed by atoms with Crippen LogP contribution in [-0.2, 0) is 4.79 Å². The number of aliphatic carboxylic acids is 1. The van der Waals surface area contributed by atoms with Crippen molar-refractivity contribution in [3.63, 3.8) is 0 Å². The number of hydrogen-bond acceptors (Lipinski definition) is 3. The Balaban J connectivity index is 2.75. The van der Waals surface area contributed by atoms with Crippen molar-refractivity contribution in [3.8, 4) is 6.19 Å². The molecule has 0 saturated carbocycles. The number of carboxylic acids is 1. The van der Waals surface area contributed by atoms with Crippen LogP contribution in [0.15, 0.2) is 35.3 Å². The molecule has 3 N–H and O–H groups in total. The van der Waals surface area contributed by atoms with E-state index in [1.807, 2.05) is 6.19 Å². The van der Waals surface area contributed by atoms with Crippen LogP contribution in [0.3, 0.4) is 0 Å². The van der Waals surface area contributed by atoms with Crippen LogP contribution in [0.5, 0.6) is 0 Å². The summed E-state index contributed by atoms with van der Waals surface area (Å²) in [4.78, 5) is 15.6. The number of rotatable bonds is 4. The van der Waals surface area contributed by atoms with Gasteiger partial charge in [-0.25, -0.2) is 4.99 Å². The average Bonchev–Trinajstić information content (AvgIpc) is 2.39. The molecule has 0 heterocycles. The van der Waals surface area contributed by atoms with Crippen molar-refractivity contribution >= 4 is 23.7 Å². The molecule has 0 aliphatic carbocycles. The minimum Gasteiger partial charge on any atom is -0.481 e. The van der Waals surface area contributed by atoms with Gasteiger partial charge < -0.3 is 10.8 Å². The SMILES string of the molecule is CN(C#N)C(N)=Nc1ccc(/C=C/CC(=O)O)cc1. The monoisotopic (exact) mass is 258 g/mol. The maximum absolute atomic E-state index is 10.3. The first-order chi connectivity index (χ1) is 9.02. The van der Waals surface area contributed by atoms with Gasteiger partial charge in [-0.1, -0.05) is 24.3 Å². The van der Waals surface area contributed by atoms with Crippen molar-refractivity contribution in [2.24, 2.45) is 10.7 Å². The zero-order valence-corrected chi connectivity index (χ0v) is 10.4. The first-order valence-electron chi connectivity index (χ1n) is 5.49. The molecule has 0 unspecified atom stereocenters. The summed E-state index contributed by atoms with van der Waals surface area (Å²) >= 11 is 0. The van der Waals surface area contributed by atoms with Crippen molar-refractivity contribution in [2.75, 3.05) is 7.05 Å². The van der Waals surface area contributed by atoms with Gasteiger partial charge in [0.25, 0.3) is 0 Å². The number of nitriles is 1. The summed E-state index contributed by atoms with van der Waals surface area (Å²) in [6.07, 6.45) is 5.11. The van der Waals surface area contributed by atoms with Gasteiger partial charge in [-0.2, -0.15) is 5.26 Å². The molecular weight excluding hydrogens is 244 g/mol. The third-order valence-electron chi connectivity index (χ3n) is 2.23. The molecule has 0 atom stereocenters. The maximum atomic E-state index is 10.3. The van der Waals surface area contributed by atoms with E-state index in [0.717, 1.165) is 10.5 Å². The molecule has 98 valence electrons. The predicted octanol–water partition coefficient (Wildman–Crippen LogP) is 1.53. The number of benzene rings is 1. The van der Waals surface area contributed by atoms with Crippen LogP contribution < -0.4 is 5.73 Å². The lowest BCUT2D eigenvalue weighted by Crippen LogP contribution is -2.29. The Hall–Kier alpha value is -2.81. The largest absolute Gasteiger partial charge is 0.481 e. The zero-order chi connectivity index (χ0) is 14.3. The normalized spacial score (nSPS) is 11.3. The van der Waals surface area contributed by atoms with E-state index in [-0.39, 0.29) is 12.4 Å². The second-order valence-corrected chi connectivity index (χ2v) is 3.72. The fourth-order valence-electron chi connectivity index (χ4n) is 1.21. The average molecular weight is 258 g/mol. The Bertz CT molecular complexity index is 541. The van der Waals surface area contributed by atoms with E-state index in [0.29, 0.717) is 5.69 Å². The molecule has 0 radical (unpaired) electrons. The van der Waals surface area contributed by atoms with E-state index in [1.165, 1.54) is 7.05 Å². The molecule has 0 amide bonds. The molecular formula is C13H14N4O2. The number of carbonyl (C=O) groups is 1. The number of guanidine groups is 1. The molecule has 0 spiro atoms. The molecule has 6 nitrogen and oxygen atoms in total. The Kier molecular flexibility index (Phi) is 5.11. The van der Waals surface area contributed by atoms with Crippen molar-refractivity contribution in [1.29, 1.82) is 5.26 Å². The summed E-state index contributed by atoms with van der Waals surface area (Å²) in [7, 11) is 1.52. The topological polar surface area (TPSA) is 103 Å². The summed E-state index contributed by atoms with van der Waals surface area (Å²) in [5.74, 6) is -0.763. The van der Waals surface area contributed by atoms with Gasteiger partial charge in [0, 0.05) is 7.05 Å². The van der Waals surface area contributed by atoms with Crippen LogP contribution in [0.1, 0.15) is 12.0 Å². The fourth-order valence-corrected chi connectivity index (χ4v) is 1.21. The first-order valence-corrected chi connectivity index (χ1v) is 5.49.